The minimum atomic E-state index is -1.07. The predicted octanol–water partition coefficient (Wildman–Crippen LogP) is 1.30. The molecule has 1 aromatic carbocycles. The molecule has 0 aromatic heterocycles. The van der Waals surface area contributed by atoms with E-state index in [4.69, 9.17) is 5.11 Å². The van der Waals surface area contributed by atoms with Crippen molar-refractivity contribution >= 4 is 40.7 Å². The first-order valence-corrected chi connectivity index (χ1v) is 7.30. The average Bonchev–Trinajstić information content (AvgIpc) is 2.80. The number of carboxylic acid groups (broad SMARTS) is 1. The lowest BCUT2D eigenvalue weighted by molar-refractivity contribution is -0.384. The Morgan fingerprint density at radius 2 is 2.30 bits per heavy atom. The molecule has 1 amide bonds. The molecule has 1 heterocycles. The molecule has 1 fully saturated rings. The number of aliphatic carboxylic acids is 1. The lowest BCUT2D eigenvalue weighted by Crippen LogP contribution is -2.26. The fraction of sp³-hybridized carbons (Fsp3) is 0.231. The number of nitrogens with one attached hydrogen (secondary N) is 1. The van der Waals surface area contributed by atoms with Gasteiger partial charge in [0.05, 0.1) is 17.6 Å². The van der Waals surface area contributed by atoms with Crippen molar-refractivity contribution in [2.24, 2.45) is 10.2 Å². The van der Waals surface area contributed by atoms with Gasteiger partial charge in [-0.15, -0.1) is 5.10 Å². The summed E-state index contributed by atoms with van der Waals surface area (Å²) in [5, 5.41) is 28.9. The van der Waals surface area contributed by atoms with E-state index in [1.165, 1.54) is 18.3 Å². The molecule has 0 saturated carbocycles. The fourth-order valence-corrected chi connectivity index (χ4v) is 2.68. The number of rotatable bonds is 5. The zero-order valence-electron chi connectivity index (χ0n) is 11.9. The monoisotopic (exact) mass is 336 g/mol. The largest absolute Gasteiger partial charge is 0.481 e. The van der Waals surface area contributed by atoms with Crippen LogP contribution < -0.4 is 5.32 Å². The maximum atomic E-state index is 11.5. The highest BCUT2D eigenvalue weighted by Gasteiger charge is 2.32. The third-order valence-corrected chi connectivity index (χ3v) is 4.03. The van der Waals surface area contributed by atoms with E-state index in [-0.39, 0.29) is 17.3 Å². The Bertz CT molecular complexity index is 731. The summed E-state index contributed by atoms with van der Waals surface area (Å²) in [7, 11) is 0. The smallest absolute Gasteiger partial charge is 0.305 e. The van der Waals surface area contributed by atoms with Crippen molar-refractivity contribution in [3.05, 3.63) is 39.4 Å². The highest BCUT2D eigenvalue weighted by atomic mass is 32.2. The van der Waals surface area contributed by atoms with Gasteiger partial charge >= 0.3 is 5.97 Å². The highest BCUT2D eigenvalue weighted by molar-refractivity contribution is 8.15. The van der Waals surface area contributed by atoms with Gasteiger partial charge in [0.25, 0.3) is 5.69 Å². The molecule has 2 rings (SSSR count). The van der Waals surface area contributed by atoms with Crippen molar-refractivity contribution in [2.45, 2.75) is 18.6 Å². The molecule has 1 unspecified atom stereocenters. The number of carbonyl (C=O) groups excluding carboxylic acids is 1. The number of aryl methyl sites for hydroxylation is 1. The van der Waals surface area contributed by atoms with Crippen LogP contribution in [0, 0.1) is 17.0 Å². The molecule has 10 heteroatoms. The number of non-ortho nitro benzene ring substituents is 1. The number of nitro benzene ring substituents is 1. The SMILES string of the molecule is Cc1ccc([N+](=O)[O-])cc1C=NN=C1NC(=O)C(CC(=O)O)S1. The van der Waals surface area contributed by atoms with Crippen LogP contribution in [0.3, 0.4) is 0 Å². The van der Waals surface area contributed by atoms with Gasteiger partial charge in [-0.1, -0.05) is 17.8 Å². The molecule has 1 aliphatic heterocycles. The minimum absolute atomic E-state index is 0.0604. The van der Waals surface area contributed by atoms with Crippen molar-refractivity contribution in [2.75, 3.05) is 0 Å². The summed E-state index contributed by atoms with van der Waals surface area (Å²) in [4.78, 5) is 32.4. The summed E-state index contributed by atoms with van der Waals surface area (Å²) in [6, 6.07) is 4.36. The number of nitrogens with zero attached hydrogens (tertiary/aromatic N) is 3. The summed E-state index contributed by atoms with van der Waals surface area (Å²) < 4.78 is 0. The first-order valence-electron chi connectivity index (χ1n) is 6.42. The molecule has 1 atom stereocenters. The van der Waals surface area contributed by atoms with Gasteiger partial charge in [0, 0.05) is 17.7 Å². The van der Waals surface area contributed by atoms with Crippen LogP contribution in [0.15, 0.2) is 28.4 Å². The van der Waals surface area contributed by atoms with Crippen LogP contribution in [0.4, 0.5) is 5.69 Å². The van der Waals surface area contributed by atoms with Crippen LogP contribution in [0.5, 0.6) is 0 Å². The topological polar surface area (TPSA) is 134 Å². The van der Waals surface area contributed by atoms with Crippen LogP contribution in [0.25, 0.3) is 0 Å². The van der Waals surface area contributed by atoms with Crippen LogP contribution >= 0.6 is 11.8 Å². The first-order chi connectivity index (χ1) is 10.9. The third-order valence-electron chi connectivity index (χ3n) is 2.96. The van der Waals surface area contributed by atoms with E-state index in [0.717, 1.165) is 17.3 Å². The molecule has 1 saturated heterocycles. The van der Waals surface area contributed by atoms with E-state index in [1.807, 2.05) is 0 Å². The number of hydrogen-bond donors (Lipinski definition) is 2. The molecular formula is C13H12N4O5S. The average molecular weight is 336 g/mol. The Hall–Kier alpha value is -2.75. The fourth-order valence-electron chi connectivity index (χ4n) is 1.77. The van der Waals surface area contributed by atoms with E-state index >= 15 is 0 Å². The van der Waals surface area contributed by atoms with Gasteiger partial charge in [-0.05, 0) is 12.5 Å². The zero-order valence-corrected chi connectivity index (χ0v) is 12.7. The van der Waals surface area contributed by atoms with Gasteiger partial charge in [-0.3, -0.25) is 19.7 Å². The van der Waals surface area contributed by atoms with Crippen LogP contribution in [-0.2, 0) is 9.59 Å². The number of benzene rings is 1. The Morgan fingerprint density at radius 1 is 1.57 bits per heavy atom. The number of amidine groups is 1. The quantitative estimate of drug-likeness (QED) is 0.473. The van der Waals surface area contributed by atoms with E-state index in [9.17, 15) is 19.7 Å². The molecule has 0 spiro atoms. The third kappa shape index (κ3) is 4.36. The summed E-state index contributed by atoms with van der Waals surface area (Å²) in [5.74, 6) is -1.51. The summed E-state index contributed by atoms with van der Waals surface area (Å²) in [6.45, 7) is 1.77. The number of nitro groups is 1. The van der Waals surface area contributed by atoms with Gasteiger partial charge < -0.3 is 10.4 Å². The lowest BCUT2D eigenvalue weighted by atomic mass is 10.1. The predicted molar refractivity (Wildman–Crippen MR) is 84.6 cm³/mol. The number of thioether (sulfide) groups is 1. The van der Waals surface area contributed by atoms with Gasteiger partial charge in [0.15, 0.2) is 5.17 Å². The van der Waals surface area contributed by atoms with Gasteiger partial charge in [-0.25, -0.2) is 0 Å². The minimum Gasteiger partial charge on any atom is -0.481 e. The Labute approximate surface area is 134 Å². The molecule has 23 heavy (non-hydrogen) atoms. The molecule has 2 N–H and O–H groups in total. The zero-order chi connectivity index (χ0) is 17.0. The van der Waals surface area contributed by atoms with Crippen molar-refractivity contribution in [3.8, 4) is 0 Å². The summed E-state index contributed by atoms with van der Waals surface area (Å²) >= 11 is 0.981. The number of carboxylic acids is 1. The lowest BCUT2D eigenvalue weighted by Gasteiger charge is -1.98. The van der Waals surface area contributed by atoms with E-state index in [2.05, 4.69) is 15.5 Å². The van der Waals surface area contributed by atoms with Crippen molar-refractivity contribution in [3.63, 3.8) is 0 Å². The van der Waals surface area contributed by atoms with E-state index < -0.39 is 22.0 Å². The Morgan fingerprint density at radius 3 is 2.96 bits per heavy atom. The van der Waals surface area contributed by atoms with Crippen molar-refractivity contribution in [1.29, 1.82) is 0 Å². The standard InChI is InChI=1S/C13H12N4O5S/c1-7-2-3-9(17(21)22)4-8(7)6-14-16-13-15-12(20)10(23-13)5-11(18)19/h2-4,6,10H,5H2,1H3,(H,18,19)(H,15,16,20). The second kappa shape index (κ2) is 7.01. The van der Waals surface area contributed by atoms with Crippen LogP contribution in [0.2, 0.25) is 0 Å². The summed E-state index contributed by atoms with van der Waals surface area (Å²) in [6.07, 6.45) is 1.04. The highest BCUT2D eigenvalue weighted by Crippen LogP contribution is 2.22. The Balaban J connectivity index is 2.10. The number of hydrogen-bond acceptors (Lipinski definition) is 7. The normalized spacial score (nSPS) is 19.3. The molecule has 9 nitrogen and oxygen atoms in total. The molecule has 1 aliphatic rings. The second-order valence-corrected chi connectivity index (χ2v) is 5.83. The van der Waals surface area contributed by atoms with Crippen molar-refractivity contribution < 1.29 is 19.6 Å². The Kier molecular flexibility index (Phi) is 5.06. The number of amides is 1. The van der Waals surface area contributed by atoms with E-state index in [1.54, 1.807) is 13.0 Å². The van der Waals surface area contributed by atoms with Crippen LogP contribution in [-0.4, -0.2) is 38.5 Å². The molecule has 120 valence electrons. The molecular weight excluding hydrogens is 324 g/mol. The van der Waals surface area contributed by atoms with Crippen LogP contribution in [0.1, 0.15) is 17.5 Å². The molecule has 0 radical (unpaired) electrons. The number of carbonyl (C=O) groups is 2. The first kappa shape index (κ1) is 16.6. The van der Waals surface area contributed by atoms with Crippen molar-refractivity contribution in [1.82, 2.24) is 5.32 Å². The summed E-state index contributed by atoms with van der Waals surface area (Å²) in [5.41, 5.74) is 1.25. The molecule has 1 aromatic rings. The van der Waals surface area contributed by atoms with Gasteiger partial charge in [0.2, 0.25) is 5.91 Å². The maximum absolute atomic E-state index is 11.5. The van der Waals surface area contributed by atoms with Gasteiger partial charge in [-0.2, -0.15) is 5.10 Å². The second-order valence-electron chi connectivity index (χ2n) is 4.64. The molecule has 0 aliphatic carbocycles. The van der Waals surface area contributed by atoms with Gasteiger partial charge in [0.1, 0.15) is 5.25 Å². The maximum Gasteiger partial charge on any atom is 0.305 e. The van der Waals surface area contributed by atoms with E-state index in [0.29, 0.717) is 5.56 Å². The molecule has 0 bridgehead atoms.